The van der Waals surface area contributed by atoms with E-state index >= 15 is 0 Å². The van der Waals surface area contributed by atoms with E-state index < -0.39 is 0 Å². The predicted molar refractivity (Wildman–Crippen MR) is 161 cm³/mol. The molecule has 40 heavy (non-hydrogen) atoms. The molecule has 1 N–H and O–H groups in total. The Bertz CT molecular complexity index is 1910. The molecular weight excluding hydrogens is 493 g/mol. The van der Waals surface area contributed by atoms with Gasteiger partial charge in [-0.25, -0.2) is 9.97 Å². The second-order valence-corrected chi connectivity index (χ2v) is 9.50. The van der Waals surface area contributed by atoms with Crippen molar-refractivity contribution in [3.8, 4) is 45.3 Å². The smallest absolute Gasteiger partial charge is 0.537 e. The second kappa shape index (κ2) is 10.2. The molecule has 0 aliphatic heterocycles. The molecule has 2 aromatic heterocycles. The summed E-state index contributed by atoms with van der Waals surface area (Å²) >= 11 is 0. The molecule has 0 amide bonds. The van der Waals surface area contributed by atoms with Crippen LogP contribution in [0.3, 0.4) is 0 Å². The van der Waals surface area contributed by atoms with E-state index in [9.17, 15) is 0 Å². The zero-order chi connectivity index (χ0) is 26.9. The van der Waals surface area contributed by atoms with Gasteiger partial charge in [-0.05, 0) is 42.5 Å². The Morgan fingerprint density at radius 3 is 1.88 bits per heavy atom. The van der Waals surface area contributed by atoms with Crippen molar-refractivity contribution < 1.29 is 9.68 Å². The number of para-hydroxylation sites is 1. The first kappa shape index (κ1) is 23.9. The van der Waals surface area contributed by atoms with Crippen molar-refractivity contribution in [2.75, 3.05) is 0 Å². The number of aromatic nitrogens is 3. The van der Waals surface area contributed by atoms with Gasteiger partial charge in [0, 0.05) is 33.2 Å². The molecule has 0 unspecified atom stereocenters. The van der Waals surface area contributed by atoms with Crippen LogP contribution in [0.5, 0.6) is 5.75 Å². The van der Waals surface area contributed by atoms with E-state index in [-0.39, 0.29) is 0 Å². The molecule has 0 aliphatic rings. The summed E-state index contributed by atoms with van der Waals surface area (Å²) in [5.74, 6) is 1.24. The fourth-order valence-corrected chi connectivity index (χ4v) is 5.24. The fraction of sp³-hybridized carbons (Fsp3) is 0. The zero-order valence-corrected chi connectivity index (χ0v) is 21.5. The van der Waals surface area contributed by atoms with Crippen LogP contribution in [0, 0.1) is 0 Å². The standard InChI is InChI=1S/C34H23BN3O2/c39-35-40-27-18-19-33-29(21-27)28-16-7-8-17-32(28)38(33)26-15-9-14-25(20-26)34-36-30(23-10-3-1-4-11-23)22-31(37-34)24-12-5-2-6-13-24/h1-22,39H. The molecule has 189 valence electrons. The molecule has 0 spiro atoms. The Morgan fingerprint density at radius 2 is 1.18 bits per heavy atom. The summed E-state index contributed by atoms with van der Waals surface area (Å²) in [6, 6.07) is 44.9. The van der Waals surface area contributed by atoms with Gasteiger partial charge in [0.2, 0.25) is 0 Å². The van der Waals surface area contributed by atoms with Gasteiger partial charge in [-0.15, -0.1) is 0 Å². The van der Waals surface area contributed by atoms with Gasteiger partial charge in [0.05, 0.1) is 22.4 Å². The number of hydrogen-bond donors (Lipinski definition) is 1. The van der Waals surface area contributed by atoms with E-state index in [2.05, 4.69) is 65.2 Å². The minimum atomic E-state index is 0.575. The molecule has 7 rings (SSSR count). The Morgan fingerprint density at radius 1 is 0.550 bits per heavy atom. The lowest BCUT2D eigenvalue weighted by Gasteiger charge is -2.12. The van der Waals surface area contributed by atoms with Crippen molar-refractivity contribution in [2.45, 2.75) is 0 Å². The van der Waals surface area contributed by atoms with E-state index in [1.54, 1.807) is 0 Å². The van der Waals surface area contributed by atoms with Crippen molar-refractivity contribution in [3.63, 3.8) is 0 Å². The van der Waals surface area contributed by atoms with E-state index in [0.717, 1.165) is 55.6 Å². The van der Waals surface area contributed by atoms with Crippen LogP contribution in [0.15, 0.2) is 133 Å². The summed E-state index contributed by atoms with van der Waals surface area (Å²) < 4.78 is 7.49. The first-order valence-corrected chi connectivity index (χ1v) is 13.0. The average molecular weight is 516 g/mol. The Hall–Kier alpha value is -5.20. The predicted octanol–water partition coefficient (Wildman–Crippen LogP) is 7.48. The van der Waals surface area contributed by atoms with Gasteiger partial charge < -0.3 is 14.2 Å². The number of benzene rings is 5. The topological polar surface area (TPSA) is 60.2 Å². The Kier molecular flexibility index (Phi) is 6.07. The van der Waals surface area contributed by atoms with Gasteiger partial charge in [-0.3, -0.25) is 0 Å². The molecule has 1 radical (unpaired) electrons. The molecule has 2 heterocycles. The Balaban J connectivity index is 1.42. The van der Waals surface area contributed by atoms with Crippen LogP contribution in [0.1, 0.15) is 0 Å². The van der Waals surface area contributed by atoms with Crippen LogP contribution in [-0.2, 0) is 0 Å². The van der Waals surface area contributed by atoms with Crippen LogP contribution in [0.4, 0.5) is 0 Å². The summed E-state index contributed by atoms with van der Waals surface area (Å²) in [5.41, 5.74) is 7.87. The van der Waals surface area contributed by atoms with Crippen molar-refractivity contribution in [2.24, 2.45) is 0 Å². The summed E-state index contributed by atoms with van der Waals surface area (Å²) in [6.07, 6.45) is 0. The highest BCUT2D eigenvalue weighted by Crippen LogP contribution is 2.35. The average Bonchev–Trinajstić information content (AvgIpc) is 3.36. The number of fused-ring (bicyclic) bond motifs is 3. The van der Waals surface area contributed by atoms with E-state index in [1.807, 2.05) is 72.8 Å². The minimum absolute atomic E-state index is 0.575. The lowest BCUT2D eigenvalue weighted by molar-refractivity contribution is 0.454. The molecule has 0 saturated carbocycles. The maximum Gasteiger partial charge on any atom is 0.569 e. The van der Waals surface area contributed by atoms with Crippen LogP contribution in [0.25, 0.3) is 61.4 Å². The molecule has 0 fully saturated rings. The SMILES string of the molecule is O[B]Oc1ccc2c(c1)c1ccccc1n2-c1cccc(-c2nc(-c3ccccc3)cc(-c3ccccc3)n2)c1. The summed E-state index contributed by atoms with van der Waals surface area (Å²) in [7, 11) is 0.705. The van der Waals surface area contributed by atoms with Crippen LogP contribution in [0.2, 0.25) is 0 Å². The first-order valence-electron chi connectivity index (χ1n) is 13.0. The summed E-state index contributed by atoms with van der Waals surface area (Å²) in [5, 5.41) is 11.3. The third-order valence-corrected chi connectivity index (χ3v) is 7.06. The molecule has 0 bridgehead atoms. The lowest BCUT2D eigenvalue weighted by Crippen LogP contribution is -2.00. The molecule has 0 atom stereocenters. The monoisotopic (exact) mass is 516 g/mol. The maximum absolute atomic E-state index is 9.15. The second-order valence-electron chi connectivity index (χ2n) is 9.50. The van der Waals surface area contributed by atoms with E-state index in [1.165, 1.54) is 0 Å². The molecule has 0 saturated heterocycles. The summed E-state index contributed by atoms with van der Waals surface area (Å²) in [6.45, 7) is 0. The third kappa shape index (κ3) is 4.30. The number of rotatable bonds is 6. The molecule has 7 aromatic rings. The van der Waals surface area contributed by atoms with Crippen molar-refractivity contribution in [1.29, 1.82) is 0 Å². The number of hydrogen-bond acceptors (Lipinski definition) is 4. The van der Waals surface area contributed by atoms with Gasteiger partial charge in [-0.2, -0.15) is 0 Å². The van der Waals surface area contributed by atoms with Gasteiger partial charge >= 0.3 is 7.69 Å². The highest BCUT2D eigenvalue weighted by molar-refractivity contribution is 6.17. The minimum Gasteiger partial charge on any atom is -0.537 e. The fourth-order valence-electron chi connectivity index (χ4n) is 5.24. The summed E-state index contributed by atoms with van der Waals surface area (Å²) in [4.78, 5) is 10.0. The number of nitrogens with zero attached hydrogens (tertiary/aromatic N) is 3. The zero-order valence-electron chi connectivity index (χ0n) is 21.5. The van der Waals surface area contributed by atoms with Crippen molar-refractivity contribution in [1.82, 2.24) is 14.5 Å². The molecule has 5 nitrogen and oxygen atoms in total. The molecule has 6 heteroatoms. The lowest BCUT2D eigenvalue weighted by atomic mass is 10.1. The normalized spacial score (nSPS) is 11.1. The first-order chi connectivity index (χ1) is 19.8. The van der Waals surface area contributed by atoms with Gasteiger partial charge in [0.1, 0.15) is 5.75 Å². The van der Waals surface area contributed by atoms with Crippen molar-refractivity contribution >= 4 is 29.5 Å². The van der Waals surface area contributed by atoms with Gasteiger partial charge in [0.15, 0.2) is 5.82 Å². The maximum atomic E-state index is 9.15. The molecule has 0 aliphatic carbocycles. The van der Waals surface area contributed by atoms with E-state index in [4.69, 9.17) is 19.6 Å². The van der Waals surface area contributed by atoms with Crippen LogP contribution in [-0.4, -0.2) is 27.2 Å². The van der Waals surface area contributed by atoms with Crippen LogP contribution < -0.4 is 4.65 Å². The molecular formula is C34H23BN3O2. The van der Waals surface area contributed by atoms with E-state index in [0.29, 0.717) is 19.3 Å². The largest absolute Gasteiger partial charge is 0.569 e. The highest BCUT2D eigenvalue weighted by atomic mass is 16.5. The van der Waals surface area contributed by atoms with Crippen molar-refractivity contribution in [3.05, 3.63) is 133 Å². The third-order valence-electron chi connectivity index (χ3n) is 7.06. The van der Waals surface area contributed by atoms with Crippen LogP contribution >= 0.6 is 0 Å². The van der Waals surface area contributed by atoms with Gasteiger partial charge in [-0.1, -0.05) is 91.0 Å². The Labute approximate surface area is 232 Å². The quantitative estimate of drug-likeness (QED) is 0.233. The molecule has 5 aromatic carbocycles. The highest BCUT2D eigenvalue weighted by Gasteiger charge is 2.15. The van der Waals surface area contributed by atoms with Gasteiger partial charge in [0.25, 0.3) is 0 Å².